The Morgan fingerprint density at radius 2 is 1.75 bits per heavy atom. The van der Waals surface area contributed by atoms with Crippen molar-refractivity contribution in [1.82, 2.24) is 5.32 Å². The number of hydrogen-bond acceptors (Lipinski definition) is 2. The van der Waals surface area contributed by atoms with Crippen LogP contribution in [0.5, 0.6) is 0 Å². The number of hydrogen-bond donors (Lipinski definition) is 3. The predicted molar refractivity (Wildman–Crippen MR) is 97.2 cm³/mol. The fraction of sp³-hybridized carbons (Fsp3) is 0.263. The third-order valence-corrected chi connectivity index (χ3v) is 3.68. The number of rotatable bonds is 4. The molecule has 1 atom stereocenters. The summed E-state index contributed by atoms with van der Waals surface area (Å²) in [6, 6.07) is 12.8. The molecule has 5 heteroatoms. The van der Waals surface area contributed by atoms with E-state index in [0.717, 1.165) is 22.4 Å². The minimum atomic E-state index is -0.264. The summed E-state index contributed by atoms with van der Waals surface area (Å²) >= 11 is 0. The van der Waals surface area contributed by atoms with E-state index in [4.69, 9.17) is 0 Å². The van der Waals surface area contributed by atoms with Gasteiger partial charge in [0.2, 0.25) is 5.91 Å². The van der Waals surface area contributed by atoms with E-state index in [0.29, 0.717) is 5.69 Å². The van der Waals surface area contributed by atoms with Crippen LogP contribution < -0.4 is 16.0 Å². The first-order chi connectivity index (χ1) is 11.3. The largest absolute Gasteiger partial charge is 0.331 e. The molecule has 2 rings (SSSR count). The van der Waals surface area contributed by atoms with Crippen LogP contribution in [0.3, 0.4) is 0 Å². The Morgan fingerprint density at radius 1 is 1.00 bits per heavy atom. The summed E-state index contributed by atoms with van der Waals surface area (Å²) < 4.78 is 0. The zero-order valence-electron chi connectivity index (χ0n) is 14.4. The molecule has 0 fully saturated rings. The normalized spacial score (nSPS) is 11.5. The molecule has 0 spiro atoms. The summed E-state index contributed by atoms with van der Waals surface area (Å²) in [5, 5.41) is 8.51. The van der Waals surface area contributed by atoms with Gasteiger partial charge in [0.25, 0.3) is 0 Å². The Bertz CT molecular complexity index is 756. The van der Waals surface area contributed by atoms with Crippen LogP contribution in [-0.4, -0.2) is 11.9 Å². The molecule has 1 unspecified atom stereocenters. The van der Waals surface area contributed by atoms with Gasteiger partial charge in [-0.3, -0.25) is 4.79 Å². The Balaban J connectivity index is 2.02. The second-order valence-electron chi connectivity index (χ2n) is 5.95. The van der Waals surface area contributed by atoms with Crippen LogP contribution in [-0.2, 0) is 4.79 Å². The van der Waals surface area contributed by atoms with Crippen molar-refractivity contribution in [2.24, 2.45) is 0 Å². The lowest BCUT2D eigenvalue weighted by molar-refractivity contribution is -0.114. The van der Waals surface area contributed by atoms with Crippen molar-refractivity contribution in [2.75, 3.05) is 10.6 Å². The smallest absolute Gasteiger partial charge is 0.319 e. The molecule has 0 saturated heterocycles. The molecule has 0 aromatic heterocycles. The van der Waals surface area contributed by atoms with E-state index >= 15 is 0 Å². The molecule has 0 aliphatic rings. The number of benzene rings is 2. The SMILES string of the molecule is CC(=O)Nc1cccc(C(C)NC(=O)Nc2ccc(C)cc2C)c1. The lowest BCUT2D eigenvalue weighted by atomic mass is 10.1. The highest BCUT2D eigenvalue weighted by Crippen LogP contribution is 2.19. The molecule has 0 aliphatic heterocycles. The van der Waals surface area contributed by atoms with Gasteiger partial charge in [-0.2, -0.15) is 0 Å². The van der Waals surface area contributed by atoms with Gasteiger partial charge in [-0.25, -0.2) is 4.79 Å². The number of urea groups is 1. The van der Waals surface area contributed by atoms with Gasteiger partial charge in [-0.15, -0.1) is 0 Å². The van der Waals surface area contributed by atoms with Gasteiger partial charge in [-0.1, -0.05) is 29.8 Å². The molecular weight excluding hydrogens is 302 g/mol. The highest BCUT2D eigenvalue weighted by atomic mass is 16.2. The highest BCUT2D eigenvalue weighted by Gasteiger charge is 2.11. The van der Waals surface area contributed by atoms with Gasteiger partial charge in [0.1, 0.15) is 0 Å². The number of carbonyl (C=O) groups is 2. The fourth-order valence-corrected chi connectivity index (χ4v) is 2.48. The highest BCUT2D eigenvalue weighted by molar-refractivity contribution is 5.90. The number of amides is 3. The standard InChI is InChI=1S/C19H23N3O2/c1-12-8-9-18(13(2)10-12)22-19(24)20-14(3)16-6-5-7-17(11-16)21-15(4)23/h5-11,14H,1-4H3,(H,21,23)(H2,20,22,24). The molecule has 0 aliphatic carbocycles. The number of carbonyl (C=O) groups excluding carboxylic acids is 2. The van der Waals surface area contributed by atoms with E-state index in [1.54, 1.807) is 0 Å². The van der Waals surface area contributed by atoms with E-state index in [1.165, 1.54) is 6.92 Å². The first kappa shape index (κ1) is 17.5. The van der Waals surface area contributed by atoms with Crippen molar-refractivity contribution in [3.63, 3.8) is 0 Å². The van der Waals surface area contributed by atoms with Gasteiger partial charge in [0.05, 0.1) is 6.04 Å². The van der Waals surface area contributed by atoms with Crippen molar-refractivity contribution >= 4 is 23.3 Å². The third kappa shape index (κ3) is 4.84. The Labute approximate surface area is 142 Å². The van der Waals surface area contributed by atoms with Crippen LogP contribution in [0.2, 0.25) is 0 Å². The Hall–Kier alpha value is -2.82. The molecule has 0 radical (unpaired) electrons. The summed E-state index contributed by atoms with van der Waals surface area (Å²) in [4.78, 5) is 23.3. The second-order valence-corrected chi connectivity index (χ2v) is 5.95. The van der Waals surface area contributed by atoms with Crippen LogP contribution in [0.25, 0.3) is 0 Å². The van der Waals surface area contributed by atoms with E-state index in [9.17, 15) is 9.59 Å². The maximum Gasteiger partial charge on any atom is 0.319 e. The lowest BCUT2D eigenvalue weighted by Gasteiger charge is -2.17. The number of aryl methyl sites for hydroxylation is 2. The van der Waals surface area contributed by atoms with E-state index in [2.05, 4.69) is 16.0 Å². The van der Waals surface area contributed by atoms with Crippen molar-refractivity contribution in [3.8, 4) is 0 Å². The van der Waals surface area contributed by atoms with Gasteiger partial charge >= 0.3 is 6.03 Å². The minimum Gasteiger partial charge on any atom is -0.331 e. The molecule has 126 valence electrons. The maximum atomic E-state index is 12.2. The zero-order chi connectivity index (χ0) is 17.7. The summed E-state index contributed by atoms with van der Waals surface area (Å²) in [6.45, 7) is 7.34. The molecule has 24 heavy (non-hydrogen) atoms. The molecule has 3 amide bonds. The summed E-state index contributed by atoms with van der Waals surface area (Å²) in [6.07, 6.45) is 0. The van der Waals surface area contributed by atoms with Crippen molar-refractivity contribution in [2.45, 2.75) is 33.7 Å². The quantitative estimate of drug-likeness (QED) is 0.790. The molecule has 2 aromatic rings. The first-order valence-corrected chi connectivity index (χ1v) is 7.87. The van der Waals surface area contributed by atoms with Crippen LogP contribution in [0.4, 0.5) is 16.2 Å². The predicted octanol–water partition coefficient (Wildman–Crippen LogP) is 4.14. The van der Waals surface area contributed by atoms with Crippen LogP contribution in [0, 0.1) is 13.8 Å². The van der Waals surface area contributed by atoms with E-state index in [-0.39, 0.29) is 18.0 Å². The molecular formula is C19H23N3O2. The topological polar surface area (TPSA) is 70.2 Å². The average Bonchev–Trinajstić information content (AvgIpc) is 2.49. The molecule has 3 N–H and O–H groups in total. The summed E-state index contributed by atoms with van der Waals surface area (Å²) in [5.41, 5.74) is 4.59. The molecule has 2 aromatic carbocycles. The maximum absolute atomic E-state index is 12.2. The summed E-state index contributed by atoms with van der Waals surface area (Å²) in [5.74, 6) is -0.125. The molecule has 0 bridgehead atoms. The average molecular weight is 325 g/mol. The van der Waals surface area contributed by atoms with E-state index in [1.807, 2.05) is 63.2 Å². The van der Waals surface area contributed by atoms with Crippen molar-refractivity contribution < 1.29 is 9.59 Å². The second kappa shape index (κ2) is 7.64. The monoisotopic (exact) mass is 325 g/mol. The molecule has 0 heterocycles. The van der Waals surface area contributed by atoms with Crippen LogP contribution >= 0.6 is 0 Å². The van der Waals surface area contributed by atoms with Crippen molar-refractivity contribution in [3.05, 3.63) is 59.2 Å². The third-order valence-electron chi connectivity index (χ3n) is 3.68. The minimum absolute atomic E-state index is 0.125. The van der Waals surface area contributed by atoms with Gasteiger partial charge < -0.3 is 16.0 Å². The Kier molecular flexibility index (Phi) is 5.58. The number of nitrogens with one attached hydrogen (secondary N) is 3. The van der Waals surface area contributed by atoms with Crippen molar-refractivity contribution in [1.29, 1.82) is 0 Å². The van der Waals surface area contributed by atoms with Gasteiger partial charge in [0, 0.05) is 18.3 Å². The van der Waals surface area contributed by atoms with Crippen LogP contribution in [0.1, 0.15) is 36.6 Å². The zero-order valence-corrected chi connectivity index (χ0v) is 14.4. The van der Waals surface area contributed by atoms with Gasteiger partial charge in [-0.05, 0) is 50.1 Å². The van der Waals surface area contributed by atoms with Crippen LogP contribution in [0.15, 0.2) is 42.5 Å². The van der Waals surface area contributed by atoms with Gasteiger partial charge in [0.15, 0.2) is 0 Å². The molecule has 0 saturated carbocycles. The lowest BCUT2D eigenvalue weighted by Crippen LogP contribution is -2.31. The first-order valence-electron chi connectivity index (χ1n) is 7.87. The van der Waals surface area contributed by atoms with E-state index < -0.39 is 0 Å². The summed E-state index contributed by atoms with van der Waals surface area (Å²) in [7, 11) is 0. The Morgan fingerprint density at radius 3 is 2.42 bits per heavy atom. The fourth-order valence-electron chi connectivity index (χ4n) is 2.48. The number of anilines is 2. The molecule has 5 nitrogen and oxygen atoms in total.